The normalized spacial score (nSPS) is 14.8. The Morgan fingerprint density at radius 1 is 1.03 bits per heavy atom. The van der Waals surface area contributed by atoms with Gasteiger partial charge in [-0.25, -0.2) is 0 Å². The van der Waals surface area contributed by atoms with E-state index in [1.807, 2.05) is 6.07 Å². The van der Waals surface area contributed by atoms with E-state index in [4.69, 9.17) is 46.4 Å². The van der Waals surface area contributed by atoms with Gasteiger partial charge in [-0.05, 0) is 55.2 Å². The smallest absolute Gasteiger partial charge is 0.242 e. The van der Waals surface area contributed by atoms with Crippen molar-refractivity contribution in [3.63, 3.8) is 0 Å². The Morgan fingerprint density at radius 2 is 1.70 bits per heavy atom. The summed E-state index contributed by atoms with van der Waals surface area (Å²) in [5.41, 5.74) is 1.60. The minimum absolute atomic E-state index is 0.144. The van der Waals surface area contributed by atoms with Crippen molar-refractivity contribution < 1.29 is 9.59 Å². The maximum atomic E-state index is 13.2. The molecule has 2 aromatic rings. The average Bonchev–Trinajstić information content (AvgIpc) is 3.29. The molecular weight excluding hydrogens is 522 g/mol. The minimum Gasteiger partial charge on any atom is -0.352 e. The van der Waals surface area contributed by atoms with Gasteiger partial charge in [0, 0.05) is 28.4 Å². The fourth-order valence-electron chi connectivity index (χ4n) is 3.80. The van der Waals surface area contributed by atoms with Crippen molar-refractivity contribution in [1.29, 1.82) is 0 Å². The largest absolute Gasteiger partial charge is 0.352 e. The van der Waals surface area contributed by atoms with Crippen LogP contribution in [0.3, 0.4) is 0 Å². The molecule has 0 heterocycles. The van der Waals surface area contributed by atoms with Gasteiger partial charge in [0.05, 0.1) is 15.8 Å². The molecule has 1 aliphatic rings. The number of thioether (sulfide) groups is 1. The van der Waals surface area contributed by atoms with Crippen LogP contribution >= 0.6 is 58.2 Å². The zero-order chi connectivity index (χ0) is 24.0. The molecule has 1 N–H and O–H groups in total. The van der Waals surface area contributed by atoms with Crippen LogP contribution in [-0.2, 0) is 21.9 Å². The zero-order valence-corrected chi connectivity index (χ0v) is 22.1. The molecule has 1 aliphatic carbocycles. The van der Waals surface area contributed by atoms with E-state index >= 15 is 0 Å². The second-order valence-electron chi connectivity index (χ2n) is 8.13. The zero-order valence-electron chi connectivity index (χ0n) is 18.3. The topological polar surface area (TPSA) is 49.4 Å². The van der Waals surface area contributed by atoms with E-state index in [0.29, 0.717) is 25.8 Å². The molecule has 0 aromatic heterocycles. The first-order chi connectivity index (χ1) is 15.8. The first kappa shape index (κ1) is 26.5. The van der Waals surface area contributed by atoms with Crippen LogP contribution in [0, 0.1) is 0 Å². The summed E-state index contributed by atoms with van der Waals surface area (Å²) >= 11 is 26.1. The third-order valence-corrected chi connectivity index (χ3v) is 8.13. The van der Waals surface area contributed by atoms with Crippen molar-refractivity contribution in [3.05, 3.63) is 67.6 Å². The molecule has 0 saturated heterocycles. The van der Waals surface area contributed by atoms with Gasteiger partial charge in [0.2, 0.25) is 11.8 Å². The molecule has 1 atom stereocenters. The van der Waals surface area contributed by atoms with E-state index in [9.17, 15) is 9.59 Å². The Hall–Kier alpha value is -1.11. The first-order valence-corrected chi connectivity index (χ1v) is 13.5. The Labute approximate surface area is 219 Å². The average molecular weight is 548 g/mol. The number of rotatable bonds is 9. The molecule has 0 spiro atoms. The molecule has 1 fully saturated rings. The van der Waals surface area contributed by atoms with Crippen molar-refractivity contribution in [2.45, 2.75) is 57.0 Å². The summed E-state index contributed by atoms with van der Waals surface area (Å²) in [6.07, 6.45) is 4.19. The number of hydrogen-bond acceptors (Lipinski definition) is 3. The lowest BCUT2D eigenvalue weighted by molar-refractivity contribution is -0.138. The number of nitrogens with zero attached hydrogens (tertiary/aromatic N) is 1. The number of benzene rings is 2. The molecule has 1 saturated carbocycles. The van der Waals surface area contributed by atoms with Gasteiger partial charge >= 0.3 is 0 Å². The van der Waals surface area contributed by atoms with E-state index in [2.05, 4.69) is 5.32 Å². The number of halogens is 4. The number of nitrogens with one attached hydrogen (secondary N) is 1. The minimum atomic E-state index is -0.628. The monoisotopic (exact) mass is 546 g/mol. The second kappa shape index (κ2) is 12.6. The first-order valence-electron chi connectivity index (χ1n) is 10.8. The number of amides is 2. The molecule has 4 nitrogen and oxygen atoms in total. The molecule has 0 radical (unpaired) electrons. The van der Waals surface area contributed by atoms with Crippen LogP contribution in [0.5, 0.6) is 0 Å². The summed E-state index contributed by atoms with van der Waals surface area (Å²) in [4.78, 5) is 27.8. The van der Waals surface area contributed by atoms with E-state index < -0.39 is 6.04 Å². The van der Waals surface area contributed by atoms with Gasteiger partial charge in [0.1, 0.15) is 6.04 Å². The van der Waals surface area contributed by atoms with Gasteiger partial charge in [-0.15, -0.1) is 11.8 Å². The summed E-state index contributed by atoms with van der Waals surface area (Å²) in [6, 6.07) is 10.1. The van der Waals surface area contributed by atoms with Crippen LogP contribution in [0.2, 0.25) is 20.1 Å². The van der Waals surface area contributed by atoms with Crippen LogP contribution in [0.1, 0.15) is 43.7 Å². The van der Waals surface area contributed by atoms with Crippen LogP contribution in [0.15, 0.2) is 36.4 Å². The maximum Gasteiger partial charge on any atom is 0.242 e. The molecular formula is C24H26Cl4N2O2S. The van der Waals surface area contributed by atoms with Crippen LogP contribution < -0.4 is 5.32 Å². The highest BCUT2D eigenvalue weighted by Gasteiger charge is 2.28. The fraction of sp³-hybridized carbons (Fsp3) is 0.417. The number of carbonyl (C=O) groups excluding carboxylic acids is 2. The molecule has 2 amide bonds. The van der Waals surface area contributed by atoms with Crippen molar-refractivity contribution in [3.8, 4) is 0 Å². The van der Waals surface area contributed by atoms with Crippen molar-refractivity contribution in [2.24, 2.45) is 0 Å². The predicted molar refractivity (Wildman–Crippen MR) is 139 cm³/mol. The molecule has 9 heteroatoms. The van der Waals surface area contributed by atoms with Gasteiger partial charge in [0.25, 0.3) is 0 Å². The molecule has 0 bridgehead atoms. The Balaban J connectivity index is 1.70. The Morgan fingerprint density at radius 3 is 2.33 bits per heavy atom. The van der Waals surface area contributed by atoms with Crippen molar-refractivity contribution >= 4 is 70.0 Å². The number of carbonyl (C=O) groups is 2. The lowest BCUT2D eigenvalue weighted by Gasteiger charge is -2.30. The molecule has 3 rings (SSSR count). The van der Waals surface area contributed by atoms with E-state index in [0.717, 1.165) is 36.8 Å². The third-order valence-electron chi connectivity index (χ3n) is 5.74. The highest BCUT2D eigenvalue weighted by Crippen LogP contribution is 2.29. The van der Waals surface area contributed by atoms with Gasteiger partial charge < -0.3 is 10.2 Å². The van der Waals surface area contributed by atoms with Gasteiger partial charge in [0.15, 0.2) is 0 Å². The molecule has 2 aromatic carbocycles. The van der Waals surface area contributed by atoms with Gasteiger partial charge in [-0.3, -0.25) is 9.59 Å². The second-order valence-corrected chi connectivity index (χ2v) is 10.7. The predicted octanol–water partition coefficient (Wildman–Crippen LogP) is 7.01. The Bertz CT molecular complexity index is 978. The van der Waals surface area contributed by atoms with Crippen molar-refractivity contribution in [1.82, 2.24) is 10.2 Å². The molecule has 0 aliphatic heterocycles. The maximum absolute atomic E-state index is 13.2. The van der Waals surface area contributed by atoms with Gasteiger partial charge in [-0.1, -0.05) is 71.4 Å². The summed E-state index contributed by atoms with van der Waals surface area (Å²) in [5, 5.41) is 5.08. The highest BCUT2D eigenvalue weighted by atomic mass is 35.5. The highest BCUT2D eigenvalue weighted by molar-refractivity contribution is 7.99. The van der Waals surface area contributed by atoms with Crippen molar-refractivity contribution in [2.75, 3.05) is 5.75 Å². The molecule has 0 unspecified atom stereocenters. The lowest BCUT2D eigenvalue weighted by Crippen LogP contribution is -2.50. The van der Waals surface area contributed by atoms with E-state index in [-0.39, 0.29) is 30.2 Å². The summed E-state index contributed by atoms with van der Waals surface area (Å²) in [7, 11) is 0. The third kappa shape index (κ3) is 7.43. The number of hydrogen-bond donors (Lipinski definition) is 1. The molecule has 178 valence electrons. The lowest BCUT2D eigenvalue weighted by atomic mass is 10.1. The van der Waals surface area contributed by atoms with E-state index in [1.54, 1.807) is 42.2 Å². The fourth-order valence-corrected chi connectivity index (χ4v) is 5.77. The van der Waals surface area contributed by atoms with E-state index in [1.165, 1.54) is 11.8 Å². The van der Waals surface area contributed by atoms with Gasteiger partial charge in [-0.2, -0.15) is 0 Å². The SMILES string of the molecule is C[C@@H](C(=O)NC1CCCC1)N(Cc1ccc(Cl)c(Cl)c1)C(=O)CSCc1c(Cl)cccc1Cl. The van der Waals surface area contributed by atoms with Crippen LogP contribution in [0.4, 0.5) is 0 Å². The quantitative estimate of drug-likeness (QED) is 0.367. The summed E-state index contributed by atoms with van der Waals surface area (Å²) in [6.45, 7) is 2.01. The standard InChI is InChI=1S/C24H26Cl4N2O2S/c1-15(24(32)29-17-5-2-3-6-17)30(12-16-9-10-21(27)22(28)11-16)23(31)14-33-13-18-19(25)7-4-8-20(18)26/h4,7-11,15,17H,2-3,5-6,12-14H2,1H3,(H,29,32)/t15-/m0/s1. The molecule has 33 heavy (non-hydrogen) atoms. The summed E-state index contributed by atoms with van der Waals surface area (Å²) in [5.74, 6) is 0.384. The van der Waals surface area contributed by atoms with Crippen LogP contribution in [-0.4, -0.2) is 34.6 Å². The summed E-state index contributed by atoms with van der Waals surface area (Å²) < 4.78 is 0. The Kier molecular flexibility index (Phi) is 10.1. The van der Waals surface area contributed by atoms with Crippen LogP contribution in [0.25, 0.3) is 0 Å².